The fourth-order valence-corrected chi connectivity index (χ4v) is 1.04. The molecule has 0 unspecified atom stereocenters. The van der Waals surface area contributed by atoms with Crippen molar-refractivity contribution in [3.05, 3.63) is 33.4 Å². The molecule has 0 radical (unpaired) electrons. The highest BCUT2D eigenvalue weighted by Crippen LogP contribution is 2.06. The lowest BCUT2D eigenvalue weighted by atomic mass is 10.2. The van der Waals surface area contributed by atoms with Crippen LogP contribution in [0.25, 0.3) is 0 Å². The van der Waals surface area contributed by atoms with Gasteiger partial charge in [0.2, 0.25) is 0 Å². The number of hydrogen-bond donors (Lipinski definition) is 1. The molecule has 1 aromatic carbocycles. The summed E-state index contributed by atoms with van der Waals surface area (Å²) in [5.74, 6) is 0. The van der Waals surface area contributed by atoms with Crippen LogP contribution < -0.4 is 0 Å². The van der Waals surface area contributed by atoms with Crippen LogP contribution in [0.3, 0.4) is 0 Å². The number of rotatable bonds is 2. The molecule has 1 rings (SSSR count). The Kier molecular flexibility index (Phi) is 2.80. The first-order chi connectivity index (χ1) is 4.83. The summed E-state index contributed by atoms with van der Waals surface area (Å²) >= 11 is 2.25. The second-order valence-corrected chi connectivity index (χ2v) is 3.19. The molecular formula is C7H7IN2. The molecule has 0 aliphatic rings. The Bertz CT molecular complexity index is 218. The Balaban J connectivity index is 2.78. The van der Waals surface area contributed by atoms with Crippen molar-refractivity contribution in [1.82, 2.24) is 0 Å². The van der Waals surface area contributed by atoms with E-state index in [1.54, 1.807) is 0 Å². The monoisotopic (exact) mass is 246 g/mol. The molecule has 0 spiro atoms. The van der Waals surface area contributed by atoms with E-state index in [1.165, 1.54) is 3.57 Å². The number of nitrogens with one attached hydrogen (secondary N) is 1. The number of benzene rings is 1. The maximum Gasteiger partial charge on any atom is 0.0846 e. The molecule has 52 valence electrons. The number of halogens is 1. The summed E-state index contributed by atoms with van der Waals surface area (Å²) in [5, 5.41) is 3.28. The van der Waals surface area contributed by atoms with Crippen LogP contribution in [-0.4, -0.2) is 0 Å². The van der Waals surface area contributed by atoms with Crippen LogP contribution in [0.5, 0.6) is 0 Å². The maximum atomic E-state index is 6.62. The molecule has 1 N–H and O–H groups in total. The van der Waals surface area contributed by atoms with Gasteiger partial charge < -0.3 is 0 Å². The van der Waals surface area contributed by atoms with Gasteiger partial charge in [0.05, 0.1) is 6.54 Å². The van der Waals surface area contributed by atoms with E-state index in [9.17, 15) is 0 Å². The lowest BCUT2D eigenvalue weighted by Gasteiger charge is -1.93. The molecule has 0 aliphatic carbocycles. The summed E-state index contributed by atoms with van der Waals surface area (Å²) in [7, 11) is 0. The first-order valence-electron chi connectivity index (χ1n) is 2.90. The molecule has 0 atom stereocenters. The molecular weight excluding hydrogens is 239 g/mol. The first kappa shape index (κ1) is 7.65. The molecule has 0 bridgehead atoms. The van der Waals surface area contributed by atoms with Crippen molar-refractivity contribution < 1.29 is 0 Å². The number of nitrogens with zero attached hydrogens (tertiary/aromatic N) is 1. The van der Waals surface area contributed by atoms with Crippen molar-refractivity contribution in [1.29, 1.82) is 5.53 Å². The topological polar surface area (TPSA) is 36.2 Å². The predicted molar refractivity (Wildman–Crippen MR) is 48.0 cm³/mol. The average molecular weight is 246 g/mol. The van der Waals surface area contributed by atoms with Crippen LogP contribution in [0, 0.1) is 9.10 Å². The minimum absolute atomic E-state index is 0.497. The van der Waals surface area contributed by atoms with E-state index in [0.717, 1.165) is 5.56 Å². The summed E-state index contributed by atoms with van der Waals surface area (Å²) < 4.78 is 1.21. The summed E-state index contributed by atoms with van der Waals surface area (Å²) in [4.78, 5) is 0. The third kappa shape index (κ3) is 2.06. The zero-order valence-corrected chi connectivity index (χ0v) is 7.50. The van der Waals surface area contributed by atoms with Crippen LogP contribution in [0.1, 0.15) is 5.56 Å². The normalized spacial score (nSPS) is 9.30. The Morgan fingerprint density at radius 3 is 2.40 bits per heavy atom. The van der Waals surface area contributed by atoms with E-state index in [1.807, 2.05) is 24.3 Å². The van der Waals surface area contributed by atoms with E-state index in [0.29, 0.717) is 6.54 Å². The summed E-state index contributed by atoms with van der Waals surface area (Å²) in [6, 6.07) is 8.00. The van der Waals surface area contributed by atoms with Crippen molar-refractivity contribution in [3.63, 3.8) is 0 Å². The third-order valence-electron chi connectivity index (χ3n) is 1.17. The minimum Gasteiger partial charge on any atom is -0.210 e. The second-order valence-electron chi connectivity index (χ2n) is 1.94. The van der Waals surface area contributed by atoms with Crippen molar-refractivity contribution in [2.75, 3.05) is 0 Å². The van der Waals surface area contributed by atoms with Crippen molar-refractivity contribution in [2.45, 2.75) is 6.54 Å². The Hall–Kier alpha value is -0.450. The van der Waals surface area contributed by atoms with Gasteiger partial charge in [-0.1, -0.05) is 12.1 Å². The highest BCUT2D eigenvalue weighted by molar-refractivity contribution is 14.1. The van der Waals surface area contributed by atoms with Gasteiger partial charge in [-0.25, -0.2) is 5.53 Å². The van der Waals surface area contributed by atoms with Crippen LogP contribution in [0.2, 0.25) is 0 Å². The van der Waals surface area contributed by atoms with Crippen LogP contribution in [0.15, 0.2) is 29.4 Å². The molecule has 0 heterocycles. The third-order valence-corrected chi connectivity index (χ3v) is 1.89. The lowest BCUT2D eigenvalue weighted by Crippen LogP contribution is -1.78. The van der Waals surface area contributed by atoms with Crippen LogP contribution in [0.4, 0.5) is 0 Å². The Labute approximate surface area is 73.3 Å². The summed E-state index contributed by atoms with van der Waals surface area (Å²) in [6.45, 7) is 0.497. The Morgan fingerprint density at radius 2 is 1.90 bits per heavy atom. The van der Waals surface area contributed by atoms with Crippen molar-refractivity contribution in [3.8, 4) is 0 Å². The molecule has 0 fully saturated rings. The maximum absolute atomic E-state index is 6.62. The lowest BCUT2D eigenvalue weighted by molar-refractivity contribution is 0.907. The fraction of sp³-hybridized carbons (Fsp3) is 0.143. The van der Waals surface area contributed by atoms with Gasteiger partial charge in [-0.15, -0.1) is 0 Å². The molecule has 10 heavy (non-hydrogen) atoms. The highest BCUT2D eigenvalue weighted by atomic mass is 127. The molecule has 2 nitrogen and oxygen atoms in total. The highest BCUT2D eigenvalue weighted by Gasteiger charge is 1.88. The second kappa shape index (κ2) is 3.65. The van der Waals surface area contributed by atoms with Gasteiger partial charge in [0.25, 0.3) is 0 Å². The van der Waals surface area contributed by atoms with E-state index in [2.05, 4.69) is 27.7 Å². The van der Waals surface area contributed by atoms with Gasteiger partial charge >= 0.3 is 0 Å². The summed E-state index contributed by atoms with van der Waals surface area (Å²) in [5.41, 5.74) is 7.71. The molecule has 0 saturated carbocycles. The van der Waals surface area contributed by atoms with E-state index in [4.69, 9.17) is 5.53 Å². The van der Waals surface area contributed by atoms with Gasteiger partial charge in [0.15, 0.2) is 0 Å². The SMILES string of the molecule is N=NCc1ccc(I)cc1. The summed E-state index contributed by atoms with van der Waals surface area (Å²) in [6.07, 6.45) is 0. The standard InChI is InChI=1S/C7H7IN2/c8-7-3-1-6(2-4-7)5-10-9/h1-4,9H,5H2. The van der Waals surface area contributed by atoms with Crippen LogP contribution >= 0.6 is 22.6 Å². The zero-order valence-electron chi connectivity index (χ0n) is 5.34. The largest absolute Gasteiger partial charge is 0.210 e. The minimum atomic E-state index is 0.497. The average Bonchev–Trinajstić information content (AvgIpc) is 1.95. The van der Waals surface area contributed by atoms with Crippen LogP contribution in [-0.2, 0) is 6.54 Å². The molecule has 0 aromatic heterocycles. The molecule has 0 aliphatic heterocycles. The van der Waals surface area contributed by atoms with Crippen molar-refractivity contribution >= 4 is 22.6 Å². The predicted octanol–water partition coefficient (Wildman–Crippen LogP) is 2.82. The van der Waals surface area contributed by atoms with E-state index >= 15 is 0 Å². The van der Waals surface area contributed by atoms with Gasteiger partial charge in [-0.3, -0.25) is 0 Å². The molecule has 0 saturated heterocycles. The van der Waals surface area contributed by atoms with Crippen molar-refractivity contribution in [2.24, 2.45) is 5.11 Å². The zero-order chi connectivity index (χ0) is 7.40. The smallest absolute Gasteiger partial charge is 0.0846 e. The van der Waals surface area contributed by atoms with Gasteiger partial charge in [0.1, 0.15) is 0 Å². The van der Waals surface area contributed by atoms with E-state index in [-0.39, 0.29) is 0 Å². The van der Waals surface area contributed by atoms with Gasteiger partial charge in [-0.2, -0.15) is 5.11 Å². The molecule has 1 aromatic rings. The molecule has 3 heteroatoms. The first-order valence-corrected chi connectivity index (χ1v) is 3.98. The fourth-order valence-electron chi connectivity index (χ4n) is 0.681. The van der Waals surface area contributed by atoms with E-state index < -0.39 is 0 Å². The van der Waals surface area contributed by atoms with Gasteiger partial charge in [-0.05, 0) is 40.3 Å². The number of hydrogen-bond acceptors (Lipinski definition) is 2. The van der Waals surface area contributed by atoms with Gasteiger partial charge in [0, 0.05) is 3.57 Å². The molecule has 0 amide bonds. The quantitative estimate of drug-likeness (QED) is 0.615. The Morgan fingerprint density at radius 1 is 1.30 bits per heavy atom.